The quantitative estimate of drug-likeness (QED) is 0.303. The van der Waals surface area contributed by atoms with Crippen molar-refractivity contribution in [2.24, 2.45) is 0 Å². The van der Waals surface area contributed by atoms with Gasteiger partial charge in [0.05, 0.1) is 18.9 Å². The number of carbonyl (C=O) groups excluding carboxylic acids is 2. The van der Waals surface area contributed by atoms with Crippen LogP contribution in [0.5, 0.6) is 0 Å². The molecule has 0 aliphatic carbocycles. The minimum Gasteiger partial charge on any atom is -0.378 e. The summed E-state index contributed by atoms with van der Waals surface area (Å²) in [5.74, 6) is -0.747. The number of nitrogens with zero attached hydrogens (tertiary/aromatic N) is 5. The Bertz CT molecular complexity index is 1460. The molecule has 11 heteroatoms. The summed E-state index contributed by atoms with van der Waals surface area (Å²) in [6.07, 6.45) is 4.75. The molecule has 1 fully saturated rings. The highest BCUT2D eigenvalue weighted by molar-refractivity contribution is 6.30. The summed E-state index contributed by atoms with van der Waals surface area (Å²) in [4.78, 5) is 28.6. The number of carbonyl (C=O) groups is 2. The zero-order valence-corrected chi connectivity index (χ0v) is 22.4. The van der Waals surface area contributed by atoms with Crippen molar-refractivity contribution in [2.45, 2.75) is 12.5 Å². The van der Waals surface area contributed by atoms with E-state index in [1.807, 2.05) is 54.6 Å². The van der Waals surface area contributed by atoms with Gasteiger partial charge in [-0.25, -0.2) is 0 Å². The SMILES string of the molecule is O=C(C=Cc1cc(Cl)ccc1-n1cnnn1)N[C@@H](Cc1ccccc1)C(=O)Nc1ccc(N2CCOCC2)cc1. The van der Waals surface area contributed by atoms with Gasteiger partial charge in [-0.3, -0.25) is 9.59 Å². The van der Waals surface area contributed by atoms with Crippen molar-refractivity contribution in [1.82, 2.24) is 25.5 Å². The van der Waals surface area contributed by atoms with Crippen molar-refractivity contribution in [1.29, 1.82) is 0 Å². The third-order valence-corrected chi connectivity index (χ3v) is 6.66. The number of rotatable bonds is 9. The van der Waals surface area contributed by atoms with Gasteiger partial charge >= 0.3 is 0 Å². The van der Waals surface area contributed by atoms with Crippen molar-refractivity contribution >= 4 is 40.9 Å². The van der Waals surface area contributed by atoms with Crippen molar-refractivity contribution in [3.8, 4) is 5.69 Å². The lowest BCUT2D eigenvalue weighted by molar-refractivity contribution is -0.123. The van der Waals surface area contributed by atoms with Crippen LogP contribution in [0.1, 0.15) is 11.1 Å². The topological polar surface area (TPSA) is 114 Å². The number of tetrazole rings is 1. The Morgan fingerprint density at radius 1 is 1.02 bits per heavy atom. The van der Waals surface area contributed by atoms with E-state index in [1.165, 1.54) is 17.1 Å². The van der Waals surface area contributed by atoms with Crippen LogP contribution in [0.4, 0.5) is 11.4 Å². The number of nitrogens with one attached hydrogen (secondary N) is 2. The van der Waals surface area contributed by atoms with Crippen LogP contribution in [0.2, 0.25) is 5.02 Å². The third kappa shape index (κ3) is 7.10. The van der Waals surface area contributed by atoms with Crippen LogP contribution in [0, 0.1) is 0 Å². The highest BCUT2D eigenvalue weighted by Crippen LogP contribution is 2.21. The second-order valence-corrected chi connectivity index (χ2v) is 9.61. The van der Waals surface area contributed by atoms with Gasteiger partial charge in [0.1, 0.15) is 12.4 Å². The molecular weight excluding hydrogens is 530 g/mol. The fourth-order valence-corrected chi connectivity index (χ4v) is 4.57. The molecule has 0 radical (unpaired) electrons. The maximum Gasteiger partial charge on any atom is 0.247 e. The molecule has 1 atom stereocenters. The number of aromatic nitrogens is 4. The van der Waals surface area contributed by atoms with E-state index in [0.29, 0.717) is 41.6 Å². The van der Waals surface area contributed by atoms with Crippen LogP contribution in [0.3, 0.4) is 0 Å². The molecule has 0 saturated carbocycles. The molecule has 0 bridgehead atoms. The second kappa shape index (κ2) is 13.0. The van der Waals surface area contributed by atoms with Crippen molar-refractivity contribution in [3.05, 3.63) is 101 Å². The normalized spacial score (nSPS) is 14.2. The predicted molar refractivity (Wildman–Crippen MR) is 153 cm³/mol. The molecule has 1 aliphatic heterocycles. The Morgan fingerprint density at radius 3 is 2.52 bits per heavy atom. The predicted octanol–water partition coefficient (Wildman–Crippen LogP) is 3.53. The van der Waals surface area contributed by atoms with E-state index in [1.54, 1.807) is 24.3 Å². The summed E-state index contributed by atoms with van der Waals surface area (Å²) in [5, 5.41) is 17.5. The number of ether oxygens (including phenoxy) is 1. The molecule has 1 aromatic heterocycles. The Kier molecular flexibility index (Phi) is 8.79. The molecule has 5 rings (SSSR count). The lowest BCUT2D eigenvalue weighted by Gasteiger charge is -2.29. The maximum absolute atomic E-state index is 13.3. The molecule has 1 saturated heterocycles. The largest absolute Gasteiger partial charge is 0.378 e. The van der Waals surface area contributed by atoms with Gasteiger partial charge in [0.15, 0.2) is 0 Å². The number of anilines is 2. The van der Waals surface area contributed by atoms with E-state index < -0.39 is 11.9 Å². The van der Waals surface area contributed by atoms with E-state index >= 15 is 0 Å². The van der Waals surface area contributed by atoms with E-state index in [-0.39, 0.29) is 5.91 Å². The Balaban J connectivity index is 1.29. The second-order valence-electron chi connectivity index (χ2n) is 9.18. The monoisotopic (exact) mass is 557 g/mol. The van der Waals surface area contributed by atoms with Crippen LogP contribution >= 0.6 is 11.6 Å². The molecule has 2 amide bonds. The van der Waals surface area contributed by atoms with Gasteiger partial charge in [0.2, 0.25) is 11.8 Å². The fraction of sp³-hybridized carbons (Fsp3) is 0.207. The van der Waals surface area contributed by atoms with Gasteiger partial charge in [0.25, 0.3) is 0 Å². The molecule has 2 N–H and O–H groups in total. The Hall–Kier alpha value is -4.54. The van der Waals surface area contributed by atoms with Crippen LogP contribution in [0.25, 0.3) is 11.8 Å². The van der Waals surface area contributed by atoms with Crippen molar-refractivity contribution < 1.29 is 14.3 Å². The Labute approximate surface area is 236 Å². The molecule has 2 heterocycles. The van der Waals surface area contributed by atoms with E-state index in [4.69, 9.17) is 16.3 Å². The average molecular weight is 558 g/mol. The summed E-state index contributed by atoms with van der Waals surface area (Å²) in [6.45, 7) is 3.06. The lowest BCUT2D eigenvalue weighted by Crippen LogP contribution is -2.44. The number of hydrogen-bond donors (Lipinski definition) is 2. The molecule has 10 nitrogen and oxygen atoms in total. The standard InChI is InChI=1S/C29H28ClN7O3/c30-23-7-12-27(37-20-31-34-35-37)22(19-23)6-13-28(38)33-26(18-21-4-2-1-3-5-21)29(39)32-24-8-10-25(11-9-24)36-14-16-40-17-15-36/h1-13,19-20,26H,14-18H2,(H,32,39)(H,33,38)/t26-/m0/s1. The minimum absolute atomic E-state index is 0.318. The van der Waals surface area contributed by atoms with Gasteiger partial charge in [-0.05, 0) is 64.5 Å². The Morgan fingerprint density at radius 2 is 1.80 bits per heavy atom. The van der Waals surface area contributed by atoms with Crippen molar-refractivity contribution in [2.75, 3.05) is 36.5 Å². The van der Waals surface area contributed by atoms with Gasteiger partial charge in [-0.1, -0.05) is 41.9 Å². The number of halogens is 1. The first-order valence-corrected chi connectivity index (χ1v) is 13.2. The first kappa shape index (κ1) is 27.0. The van der Waals surface area contributed by atoms with Gasteiger partial charge < -0.3 is 20.3 Å². The van der Waals surface area contributed by atoms with Crippen LogP contribution in [-0.4, -0.2) is 64.4 Å². The summed E-state index contributed by atoms with van der Waals surface area (Å²) in [5.41, 5.74) is 3.93. The lowest BCUT2D eigenvalue weighted by atomic mass is 10.0. The smallest absolute Gasteiger partial charge is 0.247 e. The van der Waals surface area contributed by atoms with E-state index in [0.717, 1.165) is 24.3 Å². The van der Waals surface area contributed by atoms with Gasteiger partial charge in [0, 0.05) is 47.5 Å². The fourth-order valence-electron chi connectivity index (χ4n) is 4.39. The summed E-state index contributed by atoms with van der Waals surface area (Å²) >= 11 is 6.18. The summed E-state index contributed by atoms with van der Waals surface area (Å²) in [7, 11) is 0. The van der Waals surface area contributed by atoms with Crippen molar-refractivity contribution in [3.63, 3.8) is 0 Å². The van der Waals surface area contributed by atoms with Crippen LogP contribution < -0.4 is 15.5 Å². The molecule has 204 valence electrons. The number of benzene rings is 3. The first-order chi connectivity index (χ1) is 19.5. The molecule has 0 unspecified atom stereocenters. The highest BCUT2D eigenvalue weighted by Gasteiger charge is 2.21. The van der Waals surface area contributed by atoms with Gasteiger partial charge in [-0.15, -0.1) is 5.10 Å². The summed E-state index contributed by atoms with van der Waals surface area (Å²) in [6, 6.07) is 21.6. The zero-order valence-electron chi connectivity index (χ0n) is 21.6. The minimum atomic E-state index is -0.809. The van der Waals surface area contributed by atoms with Crippen LogP contribution in [0.15, 0.2) is 85.2 Å². The third-order valence-electron chi connectivity index (χ3n) is 6.43. The van der Waals surface area contributed by atoms with E-state index in [9.17, 15) is 9.59 Å². The van der Waals surface area contributed by atoms with Crippen LogP contribution in [-0.2, 0) is 20.7 Å². The van der Waals surface area contributed by atoms with E-state index in [2.05, 4.69) is 31.1 Å². The molecule has 3 aromatic carbocycles. The highest BCUT2D eigenvalue weighted by atomic mass is 35.5. The number of amides is 2. The molecule has 1 aliphatic rings. The molecule has 4 aromatic rings. The maximum atomic E-state index is 13.3. The van der Waals surface area contributed by atoms with Gasteiger partial charge in [-0.2, -0.15) is 4.68 Å². The first-order valence-electron chi connectivity index (χ1n) is 12.8. The molecule has 0 spiro atoms. The summed E-state index contributed by atoms with van der Waals surface area (Å²) < 4.78 is 6.90. The number of hydrogen-bond acceptors (Lipinski definition) is 7. The molecule has 40 heavy (non-hydrogen) atoms. The molecular formula is C29H28ClN7O3. The number of morpholine rings is 1. The average Bonchev–Trinajstić information content (AvgIpc) is 3.52. The zero-order chi connectivity index (χ0) is 27.7.